The number of H-pyrrole nitrogens is 1. The second kappa shape index (κ2) is 11.9. The number of nitrogens with two attached hydrogens (primary N) is 2. The predicted octanol–water partition coefficient (Wildman–Crippen LogP) is 1.51. The first kappa shape index (κ1) is 26.8. The maximum Gasteiger partial charge on any atom is 0.311 e. The molecule has 0 spiro atoms. The Kier molecular flexibility index (Phi) is 8.16. The van der Waals surface area contributed by atoms with Crippen molar-refractivity contribution >= 4 is 29.1 Å². The standard InChI is InChI=1S/C25H27N9O5/c26-22-20(34(38)39)6-7-21(32-22)28-8-1-11-33-12-17(18(13-33)25(37)31-19(14-35)23(27)36)15-2-4-16(5-3-15)24-29-9-10-30-24/h2-7,9-10,12-13,19,35H,1,8,11,14H2,(H2,27,36)(H,29,30)(H,31,37)(H3,26,28,32)/t19-/m0/s1. The van der Waals surface area contributed by atoms with Gasteiger partial charge in [-0.2, -0.15) is 0 Å². The molecule has 3 aromatic heterocycles. The van der Waals surface area contributed by atoms with Crippen LogP contribution in [0.5, 0.6) is 0 Å². The van der Waals surface area contributed by atoms with Crippen LogP contribution in [0.2, 0.25) is 0 Å². The number of primary amides is 1. The van der Waals surface area contributed by atoms with Crippen LogP contribution in [-0.4, -0.2) is 60.6 Å². The summed E-state index contributed by atoms with van der Waals surface area (Å²) < 4.78 is 1.84. The summed E-state index contributed by atoms with van der Waals surface area (Å²) in [6, 6.07) is 9.01. The minimum Gasteiger partial charge on any atom is -0.394 e. The van der Waals surface area contributed by atoms with Crippen molar-refractivity contribution in [1.82, 2.24) is 24.8 Å². The number of imidazole rings is 1. The van der Waals surface area contributed by atoms with E-state index in [0.29, 0.717) is 42.3 Å². The molecule has 202 valence electrons. The second-order valence-corrected chi connectivity index (χ2v) is 8.59. The van der Waals surface area contributed by atoms with E-state index >= 15 is 0 Å². The van der Waals surface area contributed by atoms with E-state index in [4.69, 9.17) is 11.5 Å². The summed E-state index contributed by atoms with van der Waals surface area (Å²) in [6.07, 6.45) is 7.47. The normalized spacial score (nSPS) is 11.6. The Morgan fingerprint density at radius 3 is 2.51 bits per heavy atom. The van der Waals surface area contributed by atoms with Gasteiger partial charge in [0.1, 0.15) is 17.7 Å². The second-order valence-electron chi connectivity index (χ2n) is 8.59. The first-order valence-corrected chi connectivity index (χ1v) is 11.9. The maximum atomic E-state index is 13.1. The van der Waals surface area contributed by atoms with Gasteiger partial charge >= 0.3 is 5.69 Å². The van der Waals surface area contributed by atoms with E-state index < -0.39 is 29.4 Å². The number of carbonyl (C=O) groups is 2. The van der Waals surface area contributed by atoms with Crippen molar-refractivity contribution in [1.29, 1.82) is 0 Å². The van der Waals surface area contributed by atoms with Gasteiger partial charge in [0.2, 0.25) is 11.7 Å². The summed E-state index contributed by atoms with van der Waals surface area (Å²) in [5.41, 5.74) is 13.2. The van der Waals surface area contributed by atoms with Gasteiger partial charge in [-0.1, -0.05) is 24.3 Å². The van der Waals surface area contributed by atoms with Crippen LogP contribution in [0.25, 0.3) is 22.5 Å². The topological polar surface area (TPSA) is 220 Å². The number of carbonyl (C=O) groups excluding carboxylic acids is 2. The monoisotopic (exact) mass is 533 g/mol. The Hall–Kier alpha value is -5.24. The molecule has 3 heterocycles. The van der Waals surface area contributed by atoms with Gasteiger partial charge in [0.05, 0.1) is 17.1 Å². The number of anilines is 2. The number of rotatable bonds is 12. The summed E-state index contributed by atoms with van der Waals surface area (Å²) in [5.74, 6) is -0.460. The van der Waals surface area contributed by atoms with Crippen molar-refractivity contribution in [3.63, 3.8) is 0 Å². The molecule has 0 unspecified atom stereocenters. The molecule has 4 aromatic rings. The number of amides is 2. The number of aryl methyl sites for hydroxylation is 1. The highest BCUT2D eigenvalue weighted by atomic mass is 16.6. The zero-order chi connectivity index (χ0) is 27.9. The van der Waals surface area contributed by atoms with E-state index in [9.17, 15) is 24.8 Å². The van der Waals surface area contributed by atoms with Crippen LogP contribution in [0.3, 0.4) is 0 Å². The van der Waals surface area contributed by atoms with Crippen LogP contribution in [0, 0.1) is 10.1 Å². The first-order chi connectivity index (χ1) is 18.8. The number of benzene rings is 1. The zero-order valence-electron chi connectivity index (χ0n) is 20.7. The molecule has 4 rings (SSSR count). The van der Waals surface area contributed by atoms with E-state index in [1.54, 1.807) is 18.6 Å². The van der Waals surface area contributed by atoms with Gasteiger partial charge in [-0.05, 0) is 18.1 Å². The molecule has 14 heteroatoms. The fourth-order valence-corrected chi connectivity index (χ4v) is 3.92. The number of aromatic nitrogens is 4. The molecule has 0 saturated heterocycles. The van der Waals surface area contributed by atoms with Crippen molar-refractivity contribution in [2.24, 2.45) is 5.73 Å². The number of nitro groups is 1. The Balaban J connectivity index is 1.50. The predicted molar refractivity (Wildman–Crippen MR) is 143 cm³/mol. The van der Waals surface area contributed by atoms with Crippen LogP contribution >= 0.6 is 0 Å². The summed E-state index contributed by atoms with van der Waals surface area (Å²) >= 11 is 0. The van der Waals surface area contributed by atoms with Gasteiger partial charge < -0.3 is 36.8 Å². The van der Waals surface area contributed by atoms with E-state index in [0.717, 1.165) is 11.1 Å². The Labute approximate surface area is 222 Å². The van der Waals surface area contributed by atoms with E-state index in [2.05, 4.69) is 25.6 Å². The molecule has 1 atom stereocenters. The molecule has 0 aliphatic carbocycles. The third kappa shape index (κ3) is 6.37. The first-order valence-electron chi connectivity index (χ1n) is 11.9. The molecule has 0 aliphatic heterocycles. The molecule has 0 aliphatic rings. The number of nitrogens with zero attached hydrogens (tertiary/aromatic N) is 4. The lowest BCUT2D eigenvalue weighted by molar-refractivity contribution is -0.384. The molecular formula is C25H27N9O5. The molecule has 2 amide bonds. The van der Waals surface area contributed by atoms with Crippen LogP contribution < -0.4 is 22.1 Å². The van der Waals surface area contributed by atoms with Crippen LogP contribution in [-0.2, 0) is 11.3 Å². The molecule has 0 radical (unpaired) electrons. The number of nitrogens with one attached hydrogen (secondary N) is 3. The minimum absolute atomic E-state index is 0.175. The molecule has 1 aromatic carbocycles. The number of pyridine rings is 1. The molecule has 8 N–H and O–H groups in total. The Morgan fingerprint density at radius 1 is 1.15 bits per heavy atom. The largest absolute Gasteiger partial charge is 0.394 e. The highest BCUT2D eigenvalue weighted by Crippen LogP contribution is 2.28. The summed E-state index contributed by atoms with van der Waals surface area (Å²) in [7, 11) is 0. The number of aliphatic hydroxyl groups is 1. The van der Waals surface area contributed by atoms with E-state index in [-0.39, 0.29) is 11.5 Å². The van der Waals surface area contributed by atoms with Gasteiger partial charge in [0, 0.05) is 55.1 Å². The van der Waals surface area contributed by atoms with Crippen molar-refractivity contribution < 1.29 is 19.6 Å². The van der Waals surface area contributed by atoms with Crippen molar-refractivity contribution in [2.45, 2.75) is 19.0 Å². The average molecular weight is 534 g/mol. The summed E-state index contributed by atoms with van der Waals surface area (Å²) in [4.78, 5) is 46.2. The summed E-state index contributed by atoms with van der Waals surface area (Å²) in [6.45, 7) is 0.368. The van der Waals surface area contributed by atoms with Gasteiger partial charge in [-0.25, -0.2) is 9.97 Å². The Bertz CT molecular complexity index is 1470. The van der Waals surface area contributed by atoms with Crippen molar-refractivity contribution in [2.75, 3.05) is 24.2 Å². The molecule has 0 bridgehead atoms. The molecule has 0 saturated carbocycles. The fourth-order valence-electron chi connectivity index (χ4n) is 3.92. The Morgan fingerprint density at radius 2 is 1.90 bits per heavy atom. The molecule has 14 nitrogen and oxygen atoms in total. The smallest absolute Gasteiger partial charge is 0.311 e. The van der Waals surface area contributed by atoms with Crippen molar-refractivity contribution in [3.05, 3.63) is 76.9 Å². The van der Waals surface area contributed by atoms with Crippen molar-refractivity contribution in [3.8, 4) is 22.5 Å². The fraction of sp³-hybridized carbons (Fsp3) is 0.200. The van der Waals surface area contributed by atoms with Gasteiger partial charge in [0.15, 0.2) is 0 Å². The third-order valence-corrected chi connectivity index (χ3v) is 5.92. The van der Waals surface area contributed by atoms with Crippen LogP contribution in [0.4, 0.5) is 17.3 Å². The van der Waals surface area contributed by atoms with Crippen LogP contribution in [0.1, 0.15) is 16.8 Å². The van der Waals surface area contributed by atoms with E-state index in [1.807, 2.05) is 35.0 Å². The zero-order valence-corrected chi connectivity index (χ0v) is 20.7. The highest BCUT2D eigenvalue weighted by molar-refractivity contribution is 6.02. The lowest BCUT2D eigenvalue weighted by Crippen LogP contribution is -2.46. The lowest BCUT2D eigenvalue weighted by Gasteiger charge is -2.13. The van der Waals surface area contributed by atoms with Gasteiger partial charge in [-0.3, -0.25) is 19.7 Å². The van der Waals surface area contributed by atoms with Crippen LogP contribution in [0.15, 0.2) is 61.2 Å². The number of nitrogen functional groups attached to an aromatic ring is 1. The maximum absolute atomic E-state index is 13.1. The number of hydrogen-bond acceptors (Lipinski definition) is 9. The highest BCUT2D eigenvalue weighted by Gasteiger charge is 2.22. The lowest BCUT2D eigenvalue weighted by atomic mass is 10.0. The van der Waals surface area contributed by atoms with Gasteiger partial charge in [-0.15, -0.1) is 0 Å². The quantitative estimate of drug-likeness (QED) is 0.0881. The number of hydrogen-bond donors (Lipinski definition) is 6. The van der Waals surface area contributed by atoms with Gasteiger partial charge in [0.25, 0.3) is 5.91 Å². The number of aromatic amines is 1. The van der Waals surface area contributed by atoms with E-state index in [1.165, 1.54) is 12.1 Å². The third-order valence-electron chi connectivity index (χ3n) is 5.92. The SMILES string of the molecule is NC(=O)[C@H](CO)NC(=O)c1cn(CCCNc2ccc([N+](=O)[O-])c(N)n2)cc1-c1ccc(-c2ncc[nH]2)cc1. The minimum atomic E-state index is -1.22. The molecular weight excluding hydrogens is 506 g/mol. The summed E-state index contributed by atoms with van der Waals surface area (Å²) in [5, 5.41) is 25.9. The molecule has 0 fully saturated rings. The molecule has 39 heavy (non-hydrogen) atoms. The average Bonchev–Trinajstić information content (AvgIpc) is 3.60. The number of aliphatic hydroxyl groups excluding tert-OH is 1.